The van der Waals surface area contributed by atoms with Crippen LogP contribution in [0, 0.1) is 0 Å². The Morgan fingerprint density at radius 2 is 0.568 bits per heavy atom. The van der Waals surface area contributed by atoms with Gasteiger partial charge >= 0.3 is 11.9 Å². The average molecular weight is 1320 g/mol. The number of nitrogens with zero attached hydrogens (tertiary/aromatic N) is 1. The van der Waals surface area contributed by atoms with Crippen molar-refractivity contribution >= 4 is 17.9 Å². The summed E-state index contributed by atoms with van der Waals surface area (Å²) in [6.45, 7) is 4.51. The minimum absolute atomic E-state index is 0.137. The quantitative estimate of drug-likeness (QED) is 0.0195. The molecule has 0 aliphatic rings. The van der Waals surface area contributed by atoms with Gasteiger partial charge in [-0.1, -0.05) is 318 Å². The lowest BCUT2D eigenvalue weighted by atomic mass is 10.0. The predicted octanol–water partition coefficient (Wildman–Crippen LogP) is 23.0. The number of esters is 2. The first-order valence-corrected chi connectivity index (χ1v) is 37.9. The molecule has 2 atom stereocenters. The molecule has 0 aromatic carbocycles. The number of carbonyl (C=O) groups is 3. The fraction of sp³-hybridized carbons (Fsp3) is 0.616. The van der Waals surface area contributed by atoms with Gasteiger partial charge in [-0.05, 0) is 135 Å². The van der Waals surface area contributed by atoms with Crippen molar-refractivity contribution in [2.75, 3.05) is 47.5 Å². The number of carbonyl (C=O) groups excluding carboxylic acids is 3. The van der Waals surface area contributed by atoms with Gasteiger partial charge in [0.2, 0.25) is 0 Å². The molecule has 0 aromatic heterocycles. The lowest BCUT2D eigenvalue weighted by molar-refractivity contribution is -0.870. The summed E-state index contributed by atoms with van der Waals surface area (Å²) in [7, 11) is 5.92. The molecule has 0 saturated heterocycles. The second-order valence-electron chi connectivity index (χ2n) is 25.8. The van der Waals surface area contributed by atoms with Crippen LogP contribution in [0.2, 0.25) is 0 Å². The summed E-state index contributed by atoms with van der Waals surface area (Å²) >= 11 is 0. The first-order chi connectivity index (χ1) is 46.6. The Kier molecular flexibility index (Phi) is 69.8. The molecule has 0 N–H and O–H groups in total. The second kappa shape index (κ2) is 74.2. The first-order valence-electron chi connectivity index (χ1n) is 37.9. The van der Waals surface area contributed by atoms with Crippen molar-refractivity contribution in [1.29, 1.82) is 0 Å². The fourth-order valence-electron chi connectivity index (χ4n) is 9.95. The Bertz CT molecular complexity index is 2220. The van der Waals surface area contributed by atoms with Crippen molar-refractivity contribution in [3.8, 4) is 0 Å². The highest BCUT2D eigenvalue weighted by molar-refractivity contribution is 5.70. The summed E-state index contributed by atoms with van der Waals surface area (Å²) in [6.07, 6.45) is 110. The van der Waals surface area contributed by atoms with Gasteiger partial charge in [-0.15, -0.1) is 0 Å². The van der Waals surface area contributed by atoms with Gasteiger partial charge in [0, 0.05) is 12.8 Å². The normalized spacial score (nSPS) is 13.7. The summed E-state index contributed by atoms with van der Waals surface area (Å²) in [6, 6.07) is 0. The van der Waals surface area contributed by atoms with Crippen LogP contribution in [0.1, 0.15) is 284 Å². The third-order valence-electron chi connectivity index (χ3n) is 15.6. The number of hydrogen-bond acceptors (Lipinski definition) is 8. The number of hydrogen-bond donors (Lipinski definition) is 0. The molecule has 0 spiro atoms. The average Bonchev–Trinajstić information content (AvgIpc) is 3.54. The SMILES string of the molecule is CC/C=C\C/C=C\C/C=C\C/C=C\C/C=C\C/C=C\C/C=C\C/C=C\C/C=C\C/C=C\C/C=C\CCCCCCCCCC(=O)OC(COC(=O)CCCCCCCCCCCCCCCCCC/C=C\C/C=C\C/C=C\C/C=C\CC)COC(OCC[N+](C)(C)C)C(=O)[O-]. The number of likely N-dealkylation sites (N-methyl/N-ethyl adjacent to an activating group) is 1. The third kappa shape index (κ3) is 75.6. The van der Waals surface area contributed by atoms with Crippen molar-refractivity contribution in [3.05, 3.63) is 182 Å². The Hall–Kier alpha value is -5.61. The summed E-state index contributed by atoms with van der Waals surface area (Å²) in [5.74, 6) is -2.31. The molecule has 0 rings (SSSR count). The van der Waals surface area contributed by atoms with E-state index in [2.05, 4.69) is 196 Å². The number of carboxylic acid groups (broad SMARTS) is 1. The summed E-state index contributed by atoms with van der Waals surface area (Å²) in [5, 5.41) is 11.8. The van der Waals surface area contributed by atoms with E-state index in [1.54, 1.807) is 0 Å². The molecule has 2 unspecified atom stereocenters. The Morgan fingerprint density at radius 3 is 0.842 bits per heavy atom. The number of quaternary nitrogens is 1. The Labute approximate surface area is 583 Å². The lowest BCUT2D eigenvalue weighted by Gasteiger charge is -2.26. The highest BCUT2D eigenvalue weighted by atomic mass is 16.7. The van der Waals surface area contributed by atoms with Crippen molar-refractivity contribution in [1.82, 2.24) is 0 Å². The van der Waals surface area contributed by atoms with E-state index in [1.807, 2.05) is 21.1 Å². The summed E-state index contributed by atoms with van der Waals surface area (Å²) in [4.78, 5) is 37.6. The van der Waals surface area contributed by atoms with Crippen LogP contribution in [0.15, 0.2) is 182 Å². The minimum atomic E-state index is -1.64. The van der Waals surface area contributed by atoms with E-state index in [0.29, 0.717) is 17.4 Å². The number of carboxylic acids is 1. The number of rotatable bonds is 68. The molecule has 0 saturated carbocycles. The minimum Gasteiger partial charge on any atom is -0.545 e. The zero-order chi connectivity index (χ0) is 69.0. The molecule has 0 radical (unpaired) electrons. The van der Waals surface area contributed by atoms with Gasteiger partial charge in [-0.2, -0.15) is 0 Å². The van der Waals surface area contributed by atoms with Gasteiger partial charge in [-0.3, -0.25) is 9.59 Å². The van der Waals surface area contributed by atoms with Crippen LogP contribution in [0.3, 0.4) is 0 Å². The van der Waals surface area contributed by atoms with E-state index in [4.69, 9.17) is 18.9 Å². The van der Waals surface area contributed by atoms with Gasteiger partial charge < -0.3 is 33.3 Å². The molecule has 0 bridgehead atoms. The van der Waals surface area contributed by atoms with Gasteiger partial charge in [0.05, 0.1) is 40.3 Å². The zero-order valence-electron chi connectivity index (χ0n) is 61.2. The maximum absolute atomic E-state index is 13.0. The van der Waals surface area contributed by atoms with Crippen molar-refractivity contribution in [3.63, 3.8) is 0 Å². The molecule has 9 nitrogen and oxygen atoms in total. The van der Waals surface area contributed by atoms with Gasteiger partial charge in [0.15, 0.2) is 12.4 Å². The monoisotopic (exact) mass is 1310 g/mol. The van der Waals surface area contributed by atoms with Crippen LogP contribution in [-0.2, 0) is 33.3 Å². The zero-order valence-corrected chi connectivity index (χ0v) is 61.2. The molecule has 9 heteroatoms. The second-order valence-corrected chi connectivity index (χ2v) is 25.8. The molecule has 0 fully saturated rings. The molecule has 0 aliphatic heterocycles. The van der Waals surface area contributed by atoms with E-state index < -0.39 is 24.3 Å². The van der Waals surface area contributed by atoms with Crippen LogP contribution in [0.5, 0.6) is 0 Å². The largest absolute Gasteiger partial charge is 0.545 e. The molecular weight excluding hydrogens is 1170 g/mol. The molecule has 0 aliphatic carbocycles. The van der Waals surface area contributed by atoms with Crippen molar-refractivity contribution in [2.24, 2.45) is 0 Å². The molecule has 0 aromatic rings. The Morgan fingerprint density at radius 1 is 0.316 bits per heavy atom. The number of aliphatic carboxylic acids is 1. The van der Waals surface area contributed by atoms with Crippen molar-refractivity contribution < 1.29 is 42.9 Å². The van der Waals surface area contributed by atoms with E-state index in [9.17, 15) is 19.5 Å². The predicted molar refractivity (Wildman–Crippen MR) is 407 cm³/mol. The van der Waals surface area contributed by atoms with E-state index in [-0.39, 0.29) is 38.6 Å². The number of allylic oxidation sites excluding steroid dienone is 30. The van der Waals surface area contributed by atoms with E-state index in [0.717, 1.165) is 141 Å². The topological polar surface area (TPSA) is 111 Å². The number of unbranched alkanes of at least 4 members (excludes halogenated alkanes) is 23. The maximum Gasteiger partial charge on any atom is 0.306 e. The van der Waals surface area contributed by atoms with Crippen molar-refractivity contribution in [2.45, 2.75) is 296 Å². The third-order valence-corrected chi connectivity index (χ3v) is 15.6. The highest BCUT2D eigenvalue weighted by Crippen LogP contribution is 2.17. The Balaban J connectivity index is 4.16. The van der Waals surface area contributed by atoms with Crippen LogP contribution < -0.4 is 5.11 Å². The van der Waals surface area contributed by atoms with Crippen LogP contribution >= 0.6 is 0 Å². The molecule has 95 heavy (non-hydrogen) atoms. The smallest absolute Gasteiger partial charge is 0.306 e. The molecule has 536 valence electrons. The molecular formula is C86H139NO8. The van der Waals surface area contributed by atoms with E-state index in [1.165, 1.54) is 109 Å². The first kappa shape index (κ1) is 89.4. The van der Waals surface area contributed by atoms with Gasteiger partial charge in [0.25, 0.3) is 0 Å². The van der Waals surface area contributed by atoms with Crippen LogP contribution in [0.4, 0.5) is 0 Å². The standard InChI is InChI=1S/C86H139NO8/c1-6-8-10-12-14-16-18-20-22-24-26-28-30-32-34-36-37-38-39-40-41-42-43-44-45-46-47-49-51-53-55-57-59-61-63-65-67-69-71-73-75-77-84(89)95-82(81-94-86(85(90)91)92-79-78-87(3,4)5)80-93-83(88)76-74-72-70-68-66-64-62-60-58-56-54-52-50-48-35-33-31-29-27-25-23-21-19-17-15-13-11-9-7-2/h8-11,14-17,20-23,26-29,32,34,37-38,40-41,43-44,46-47,51,53,57,59,82,86H,6-7,12-13,18-19,24-25,30-31,33,35-36,39,42,45,48-50,52,54-56,58,60-81H2,1-5H3/b10-8-,11-9-,16-14-,17-15-,22-20-,23-21-,28-26-,29-27-,34-32-,38-37-,41-40-,44-43-,47-46-,53-51-,59-57-. The maximum atomic E-state index is 13.0. The molecule has 0 heterocycles. The van der Waals surface area contributed by atoms with Crippen LogP contribution in [-0.4, -0.2) is 82.3 Å². The lowest BCUT2D eigenvalue weighted by Crippen LogP contribution is -2.44. The van der Waals surface area contributed by atoms with E-state index >= 15 is 0 Å². The summed E-state index contributed by atoms with van der Waals surface area (Å²) in [5.41, 5.74) is 0. The van der Waals surface area contributed by atoms with Gasteiger partial charge in [-0.25, -0.2) is 0 Å². The summed E-state index contributed by atoms with van der Waals surface area (Å²) < 4.78 is 22.8. The van der Waals surface area contributed by atoms with Crippen LogP contribution in [0.25, 0.3) is 0 Å². The molecule has 0 amide bonds. The fourth-order valence-corrected chi connectivity index (χ4v) is 9.95. The number of ether oxygens (including phenoxy) is 4. The highest BCUT2D eigenvalue weighted by Gasteiger charge is 2.22. The van der Waals surface area contributed by atoms with Gasteiger partial charge in [0.1, 0.15) is 13.2 Å².